The summed E-state index contributed by atoms with van der Waals surface area (Å²) in [6.07, 6.45) is -0.299. The Hall–Kier alpha value is -4.22. The molecule has 5 rings (SSSR count). The lowest BCUT2D eigenvalue weighted by molar-refractivity contribution is -0.274. The molecule has 0 fully saturated rings. The van der Waals surface area contributed by atoms with E-state index in [1.54, 1.807) is 29.0 Å². The number of fused-ring (bicyclic) bond motifs is 2. The molecule has 5 aromatic rings. The van der Waals surface area contributed by atoms with Crippen LogP contribution in [0.4, 0.5) is 19.0 Å². The van der Waals surface area contributed by atoms with Crippen molar-refractivity contribution in [2.75, 3.05) is 5.32 Å². The van der Waals surface area contributed by atoms with Gasteiger partial charge in [0.15, 0.2) is 17.1 Å². The van der Waals surface area contributed by atoms with Gasteiger partial charge in [-0.25, -0.2) is 24.9 Å². The smallest absolute Gasteiger partial charge is 0.406 e. The lowest BCUT2D eigenvalue weighted by Gasteiger charge is -2.17. The van der Waals surface area contributed by atoms with Gasteiger partial charge >= 0.3 is 6.36 Å². The predicted molar refractivity (Wildman–Crippen MR) is 109 cm³/mol. The van der Waals surface area contributed by atoms with Crippen LogP contribution >= 0.6 is 0 Å². The quantitative estimate of drug-likeness (QED) is 0.423. The Balaban J connectivity index is 1.59. The van der Waals surface area contributed by atoms with Gasteiger partial charge in [-0.1, -0.05) is 6.07 Å². The summed E-state index contributed by atoms with van der Waals surface area (Å²) in [6.45, 7) is 1.86. The second-order valence-corrected chi connectivity index (χ2v) is 6.89. The molecule has 0 radical (unpaired) electrons. The van der Waals surface area contributed by atoms with Crippen LogP contribution in [-0.4, -0.2) is 40.8 Å². The second kappa shape index (κ2) is 7.48. The van der Waals surface area contributed by atoms with Crippen LogP contribution in [0.25, 0.3) is 28.0 Å². The molecular formula is C20H15F3N8O. The number of aromatic amines is 1. The number of alkyl halides is 3. The Morgan fingerprint density at radius 1 is 1.09 bits per heavy atom. The number of anilines is 1. The Labute approximate surface area is 178 Å². The zero-order valence-corrected chi connectivity index (χ0v) is 16.5. The molecule has 162 valence electrons. The minimum Gasteiger partial charge on any atom is -0.406 e. The predicted octanol–water partition coefficient (Wildman–Crippen LogP) is 4.16. The molecule has 2 N–H and O–H groups in total. The fraction of sp³-hybridized carbons (Fsp3) is 0.150. The molecule has 0 aliphatic rings. The number of aromatic nitrogens is 7. The van der Waals surface area contributed by atoms with Crippen LogP contribution in [0.3, 0.4) is 0 Å². The van der Waals surface area contributed by atoms with E-state index in [-0.39, 0.29) is 5.75 Å². The van der Waals surface area contributed by atoms with Gasteiger partial charge in [0.05, 0.1) is 18.1 Å². The highest BCUT2D eigenvalue weighted by molar-refractivity contribution is 5.82. The van der Waals surface area contributed by atoms with Gasteiger partial charge in [0, 0.05) is 12.3 Å². The lowest BCUT2D eigenvalue weighted by atomic mass is 10.2. The molecule has 32 heavy (non-hydrogen) atoms. The van der Waals surface area contributed by atoms with Crippen molar-refractivity contribution in [2.45, 2.75) is 19.3 Å². The summed E-state index contributed by atoms with van der Waals surface area (Å²) in [7, 11) is 0. The number of nitrogens with zero attached hydrogens (tertiary/aromatic N) is 6. The van der Waals surface area contributed by atoms with Crippen molar-refractivity contribution in [3.8, 4) is 11.4 Å². The maximum Gasteiger partial charge on any atom is 0.573 e. The number of ether oxygens (including phenoxy) is 1. The van der Waals surface area contributed by atoms with E-state index in [0.29, 0.717) is 39.7 Å². The van der Waals surface area contributed by atoms with Crippen molar-refractivity contribution in [1.29, 1.82) is 0 Å². The topological polar surface area (TPSA) is 106 Å². The maximum atomic E-state index is 12.7. The molecule has 4 heterocycles. The number of rotatable bonds is 5. The molecule has 12 heteroatoms. The van der Waals surface area contributed by atoms with Crippen molar-refractivity contribution in [2.24, 2.45) is 0 Å². The van der Waals surface area contributed by atoms with Gasteiger partial charge in [-0.3, -0.25) is 4.57 Å². The second-order valence-electron chi connectivity index (χ2n) is 6.89. The Bertz CT molecular complexity index is 1410. The Kier molecular flexibility index (Phi) is 4.61. The highest BCUT2D eigenvalue weighted by Crippen LogP contribution is 2.30. The number of nitrogens with one attached hydrogen (secondary N) is 2. The standard InChI is InChI=1S/C20H15F3N8O/c1-11(29-17-15-16(26-9-25-15)27-10-28-17)18-30-14-6-3-7-24-19(14)31(18)12-4-2-5-13(8-12)32-20(21,22)23/h2-11H,1H3,(H2,25,26,27,28,29)/t11-/m0/s1. The normalized spacial score (nSPS) is 12.9. The maximum absolute atomic E-state index is 12.7. The lowest BCUT2D eigenvalue weighted by Crippen LogP contribution is -2.17. The zero-order chi connectivity index (χ0) is 22.3. The van der Waals surface area contributed by atoms with Gasteiger partial charge < -0.3 is 15.0 Å². The van der Waals surface area contributed by atoms with E-state index in [9.17, 15) is 13.2 Å². The number of halogens is 3. The molecule has 1 atom stereocenters. The van der Waals surface area contributed by atoms with Crippen molar-refractivity contribution in [3.05, 3.63) is 61.1 Å². The van der Waals surface area contributed by atoms with Crippen molar-refractivity contribution in [1.82, 2.24) is 34.5 Å². The van der Waals surface area contributed by atoms with Gasteiger partial charge in [-0.15, -0.1) is 13.2 Å². The molecule has 0 saturated carbocycles. The molecule has 0 bridgehead atoms. The van der Waals surface area contributed by atoms with Gasteiger partial charge in [0.1, 0.15) is 28.9 Å². The van der Waals surface area contributed by atoms with Crippen molar-refractivity contribution >= 4 is 28.1 Å². The zero-order valence-electron chi connectivity index (χ0n) is 16.5. The van der Waals surface area contributed by atoms with Crippen molar-refractivity contribution in [3.63, 3.8) is 0 Å². The summed E-state index contributed by atoms with van der Waals surface area (Å²) in [6, 6.07) is 8.78. The first-order valence-electron chi connectivity index (χ1n) is 9.49. The van der Waals surface area contributed by atoms with E-state index < -0.39 is 12.4 Å². The average molecular weight is 440 g/mol. The highest BCUT2D eigenvalue weighted by atomic mass is 19.4. The monoisotopic (exact) mass is 440 g/mol. The fourth-order valence-corrected chi connectivity index (χ4v) is 3.44. The molecule has 4 aromatic heterocycles. The molecule has 0 aliphatic carbocycles. The Morgan fingerprint density at radius 2 is 1.97 bits per heavy atom. The number of H-pyrrole nitrogens is 1. The van der Waals surface area contributed by atoms with Crippen LogP contribution in [0.2, 0.25) is 0 Å². The summed E-state index contributed by atoms with van der Waals surface area (Å²) >= 11 is 0. The van der Waals surface area contributed by atoms with E-state index in [1.165, 1.54) is 30.9 Å². The molecule has 0 aliphatic heterocycles. The molecule has 0 saturated heterocycles. The summed E-state index contributed by atoms with van der Waals surface area (Å²) < 4.78 is 44.0. The number of hydrogen-bond donors (Lipinski definition) is 2. The third kappa shape index (κ3) is 3.66. The summed E-state index contributed by atoms with van der Waals surface area (Å²) in [5.74, 6) is 0.698. The molecule has 0 unspecified atom stereocenters. The first-order valence-corrected chi connectivity index (χ1v) is 9.49. The first-order chi connectivity index (χ1) is 15.4. The number of hydrogen-bond acceptors (Lipinski definition) is 7. The molecule has 1 aromatic carbocycles. The molecule has 9 nitrogen and oxygen atoms in total. The van der Waals surface area contributed by atoms with Crippen LogP contribution in [0, 0.1) is 0 Å². The number of benzene rings is 1. The van der Waals surface area contributed by atoms with Gasteiger partial charge in [-0.05, 0) is 31.2 Å². The molecule has 0 amide bonds. The van der Waals surface area contributed by atoms with Gasteiger partial charge in [-0.2, -0.15) is 0 Å². The van der Waals surface area contributed by atoms with Crippen LogP contribution in [0.1, 0.15) is 18.8 Å². The third-order valence-electron chi connectivity index (χ3n) is 4.71. The Morgan fingerprint density at radius 3 is 2.81 bits per heavy atom. The molecule has 0 spiro atoms. The van der Waals surface area contributed by atoms with E-state index in [2.05, 4.69) is 40.0 Å². The van der Waals surface area contributed by atoms with Crippen LogP contribution in [-0.2, 0) is 0 Å². The average Bonchev–Trinajstić information content (AvgIpc) is 3.38. The number of pyridine rings is 1. The van der Waals surface area contributed by atoms with Crippen LogP contribution in [0.15, 0.2) is 55.2 Å². The van der Waals surface area contributed by atoms with Gasteiger partial charge in [0.2, 0.25) is 0 Å². The van der Waals surface area contributed by atoms with E-state index in [4.69, 9.17) is 0 Å². The largest absolute Gasteiger partial charge is 0.573 e. The van der Waals surface area contributed by atoms with Crippen LogP contribution < -0.4 is 10.1 Å². The summed E-state index contributed by atoms with van der Waals surface area (Å²) in [4.78, 5) is 24.5. The molecular weight excluding hydrogens is 425 g/mol. The van der Waals surface area contributed by atoms with Gasteiger partial charge in [0.25, 0.3) is 0 Å². The highest BCUT2D eigenvalue weighted by Gasteiger charge is 2.31. The third-order valence-corrected chi connectivity index (χ3v) is 4.71. The van der Waals surface area contributed by atoms with E-state index in [1.807, 2.05) is 6.92 Å². The fourth-order valence-electron chi connectivity index (χ4n) is 3.44. The van der Waals surface area contributed by atoms with Crippen molar-refractivity contribution < 1.29 is 17.9 Å². The van der Waals surface area contributed by atoms with E-state index in [0.717, 1.165) is 0 Å². The van der Waals surface area contributed by atoms with Crippen LogP contribution in [0.5, 0.6) is 5.75 Å². The number of imidazole rings is 2. The summed E-state index contributed by atoms with van der Waals surface area (Å²) in [5.41, 5.74) is 2.64. The minimum absolute atomic E-state index is 0.339. The van der Waals surface area contributed by atoms with E-state index >= 15 is 0 Å². The minimum atomic E-state index is -4.80. The first kappa shape index (κ1) is 19.7. The SMILES string of the molecule is C[C@H](Nc1ncnc2nc[nH]c12)c1nc2cccnc2n1-c1cccc(OC(F)(F)F)c1. The summed E-state index contributed by atoms with van der Waals surface area (Å²) in [5, 5.41) is 3.27.